The SMILES string of the molecule is Cc1cc2nc(Nc3nc4c(c(-c5ccccc5)n3)CCCC4)nc(C)c2cc1C. The van der Waals surface area contributed by atoms with Crippen molar-refractivity contribution < 1.29 is 0 Å². The van der Waals surface area contributed by atoms with Crippen molar-refractivity contribution in [2.24, 2.45) is 0 Å². The molecular formula is C25H25N5. The maximum absolute atomic E-state index is 4.89. The molecule has 2 aromatic carbocycles. The first-order valence-corrected chi connectivity index (χ1v) is 10.6. The van der Waals surface area contributed by atoms with Gasteiger partial charge in [0.25, 0.3) is 0 Å². The molecule has 0 radical (unpaired) electrons. The Balaban J connectivity index is 1.59. The topological polar surface area (TPSA) is 63.6 Å². The minimum atomic E-state index is 0.540. The molecule has 0 fully saturated rings. The summed E-state index contributed by atoms with van der Waals surface area (Å²) in [5.41, 5.74) is 8.93. The molecule has 0 saturated carbocycles. The fraction of sp³-hybridized carbons (Fsp3) is 0.280. The van der Waals surface area contributed by atoms with Gasteiger partial charge < -0.3 is 0 Å². The van der Waals surface area contributed by atoms with Gasteiger partial charge >= 0.3 is 0 Å². The molecular weight excluding hydrogens is 370 g/mol. The molecule has 0 bridgehead atoms. The second-order valence-electron chi connectivity index (χ2n) is 8.11. The third kappa shape index (κ3) is 3.41. The standard InChI is InChI=1S/C25H25N5/c1-15-13-20-17(3)26-24(28-22(20)14-16(15)2)30-25-27-21-12-8-7-11-19(21)23(29-25)18-9-5-4-6-10-18/h4-6,9-10,13-14H,7-8,11-12H2,1-3H3,(H,26,27,28,29,30). The van der Waals surface area contributed by atoms with E-state index >= 15 is 0 Å². The van der Waals surface area contributed by atoms with Crippen LogP contribution in [0.5, 0.6) is 0 Å². The minimum Gasteiger partial charge on any atom is -0.293 e. The zero-order chi connectivity index (χ0) is 20.7. The molecule has 2 aromatic heterocycles. The molecule has 4 aromatic rings. The van der Waals surface area contributed by atoms with Crippen molar-refractivity contribution in [2.75, 3.05) is 5.32 Å². The van der Waals surface area contributed by atoms with Crippen molar-refractivity contribution in [1.29, 1.82) is 0 Å². The van der Waals surface area contributed by atoms with Gasteiger partial charge in [-0.15, -0.1) is 0 Å². The lowest BCUT2D eigenvalue weighted by molar-refractivity contribution is 0.665. The van der Waals surface area contributed by atoms with Crippen LogP contribution >= 0.6 is 0 Å². The highest BCUT2D eigenvalue weighted by Gasteiger charge is 2.19. The Labute approximate surface area is 176 Å². The maximum Gasteiger partial charge on any atom is 0.230 e. The Morgan fingerprint density at radius 2 is 1.50 bits per heavy atom. The summed E-state index contributed by atoms with van der Waals surface area (Å²) in [5, 5.41) is 4.37. The van der Waals surface area contributed by atoms with E-state index in [0.717, 1.165) is 46.4 Å². The number of aryl methyl sites for hydroxylation is 4. The van der Waals surface area contributed by atoms with Crippen LogP contribution in [0.15, 0.2) is 42.5 Å². The van der Waals surface area contributed by atoms with Crippen molar-refractivity contribution in [1.82, 2.24) is 19.9 Å². The van der Waals surface area contributed by atoms with E-state index < -0.39 is 0 Å². The number of rotatable bonds is 3. The van der Waals surface area contributed by atoms with Crippen LogP contribution in [0.2, 0.25) is 0 Å². The van der Waals surface area contributed by atoms with Crippen LogP contribution in [0.3, 0.4) is 0 Å². The lowest BCUT2D eigenvalue weighted by Gasteiger charge is -2.19. The van der Waals surface area contributed by atoms with E-state index in [1.807, 2.05) is 13.0 Å². The number of fused-ring (bicyclic) bond motifs is 2. The Bertz CT molecular complexity index is 1250. The van der Waals surface area contributed by atoms with Crippen LogP contribution < -0.4 is 5.32 Å². The number of anilines is 2. The van der Waals surface area contributed by atoms with Crippen molar-refractivity contribution in [3.05, 3.63) is 70.5 Å². The zero-order valence-corrected chi connectivity index (χ0v) is 17.7. The molecule has 5 heteroatoms. The summed E-state index contributed by atoms with van der Waals surface area (Å²) in [7, 11) is 0. The Kier molecular flexibility index (Phi) is 4.66. The number of hydrogen-bond acceptors (Lipinski definition) is 5. The van der Waals surface area contributed by atoms with Crippen molar-refractivity contribution in [2.45, 2.75) is 46.5 Å². The molecule has 0 unspecified atom stereocenters. The summed E-state index contributed by atoms with van der Waals surface area (Å²) < 4.78 is 0. The molecule has 150 valence electrons. The highest BCUT2D eigenvalue weighted by molar-refractivity contribution is 5.83. The van der Waals surface area contributed by atoms with Crippen LogP contribution in [0.25, 0.3) is 22.2 Å². The molecule has 5 rings (SSSR count). The Hall–Kier alpha value is -3.34. The first-order chi connectivity index (χ1) is 14.6. The molecule has 0 saturated heterocycles. The molecule has 0 aliphatic heterocycles. The largest absolute Gasteiger partial charge is 0.293 e. The van der Waals surface area contributed by atoms with Crippen LogP contribution in [-0.4, -0.2) is 19.9 Å². The van der Waals surface area contributed by atoms with E-state index in [-0.39, 0.29) is 0 Å². The first kappa shape index (κ1) is 18.7. The number of aromatic nitrogens is 4. The van der Waals surface area contributed by atoms with E-state index in [0.29, 0.717) is 11.9 Å². The number of hydrogen-bond donors (Lipinski definition) is 1. The quantitative estimate of drug-likeness (QED) is 0.487. The summed E-state index contributed by atoms with van der Waals surface area (Å²) in [6, 6.07) is 14.7. The average Bonchev–Trinajstić information content (AvgIpc) is 2.75. The van der Waals surface area contributed by atoms with Gasteiger partial charge in [-0.05, 0) is 69.7 Å². The molecule has 2 heterocycles. The fourth-order valence-electron chi connectivity index (χ4n) is 4.18. The van der Waals surface area contributed by atoms with Crippen LogP contribution in [0.4, 0.5) is 11.9 Å². The van der Waals surface area contributed by atoms with E-state index in [1.165, 1.54) is 29.5 Å². The van der Waals surface area contributed by atoms with Gasteiger partial charge in [-0.1, -0.05) is 30.3 Å². The third-order valence-electron chi connectivity index (χ3n) is 5.96. The summed E-state index contributed by atoms with van der Waals surface area (Å²) in [5.74, 6) is 1.11. The van der Waals surface area contributed by atoms with E-state index in [1.54, 1.807) is 0 Å². The van der Waals surface area contributed by atoms with Gasteiger partial charge in [-0.3, -0.25) is 5.32 Å². The normalized spacial score (nSPS) is 13.3. The van der Waals surface area contributed by atoms with Crippen LogP contribution in [0.1, 0.15) is 40.9 Å². The van der Waals surface area contributed by atoms with Gasteiger partial charge in [0, 0.05) is 22.2 Å². The monoisotopic (exact) mass is 395 g/mol. The predicted octanol–water partition coefficient (Wildman–Crippen LogP) is 5.63. The molecule has 30 heavy (non-hydrogen) atoms. The van der Waals surface area contributed by atoms with Gasteiger partial charge in [0.15, 0.2) is 0 Å². The van der Waals surface area contributed by atoms with Crippen molar-refractivity contribution in [3.63, 3.8) is 0 Å². The zero-order valence-electron chi connectivity index (χ0n) is 17.7. The summed E-state index contributed by atoms with van der Waals surface area (Å²) in [6.45, 7) is 6.25. The molecule has 0 amide bonds. The lowest BCUT2D eigenvalue weighted by Crippen LogP contribution is -2.12. The summed E-state index contributed by atoms with van der Waals surface area (Å²) in [4.78, 5) is 19.1. The maximum atomic E-state index is 4.89. The van der Waals surface area contributed by atoms with Crippen molar-refractivity contribution >= 4 is 22.8 Å². The summed E-state index contributed by atoms with van der Waals surface area (Å²) in [6.07, 6.45) is 4.38. The van der Waals surface area contributed by atoms with Gasteiger partial charge in [0.2, 0.25) is 11.9 Å². The molecule has 0 atom stereocenters. The number of nitrogens with one attached hydrogen (secondary N) is 1. The molecule has 1 aliphatic rings. The van der Waals surface area contributed by atoms with Gasteiger partial charge in [0.05, 0.1) is 16.9 Å². The van der Waals surface area contributed by atoms with E-state index in [2.05, 4.69) is 60.5 Å². The highest BCUT2D eigenvalue weighted by Crippen LogP contribution is 2.31. The molecule has 1 aliphatic carbocycles. The average molecular weight is 396 g/mol. The molecule has 0 spiro atoms. The Morgan fingerprint density at radius 3 is 2.33 bits per heavy atom. The molecule has 5 nitrogen and oxygen atoms in total. The van der Waals surface area contributed by atoms with Crippen molar-refractivity contribution in [3.8, 4) is 11.3 Å². The molecule has 1 N–H and O–H groups in total. The second kappa shape index (κ2) is 7.48. The smallest absolute Gasteiger partial charge is 0.230 e. The van der Waals surface area contributed by atoms with Crippen LogP contribution in [0, 0.1) is 20.8 Å². The Morgan fingerprint density at radius 1 is 0.767 bits per heavy atom. The second-order valence-corrected chi connectivity index (χ2v) is 8.11. The predicted molar refractivity (Wildman–Crippen MR) is 121 cm³/mol. The highest BCUT2D eigenvalue weighted by atomic mass is 15.2. The fourth-order valence-corrected chi connectivity index (χ4v) is 4.18. The minimum absolute atomic E-state index is 0.540. The summed E-state index contributed by atoms with van der Waals surface area (Å²) >= 11 is 0. The first-order valence-electron chi connectivity index (χ1n) is 10.6. The van der Waals surface area contributed by atoms with Gasteiger partial charge in [0.1, 0.15) is 0 Å². The van der Waals surface area contributed by atoms with Gasteiger partial charge in [-0.2, -0.15) is 0 Å². The van der Waals surface area contributed by atoms with E-state index in [9.17, 15) is 0 Å². The van der Waals surface area contributed by atoms with Gasteiger partial charge in [-0.25, -0.2) is 19.9 Å². The van der Waals surface area contributed by atoms with E-state index in [4.69, 9.17) is 15.0 Å². The number of nitrogens with zero attached hydrogens (tertiary/aromatic N) is 4. The third-order valence-corrected chi connectivity index (χ3v) is 5.96. The number of benzene rings is 2. The van der Waals surface area contributed by atoms with Crippen LogP contribution in [-0.2, 0) is 12.8 Å². The lowest BCUT2D eigenvalue weighted by atomic mass is 9.92.